The highest BCUT2D eigenvalue weighted by Crippen LogP contribution is 2.41. The van der Waals surface area contributed by atoms with Gasteiger partial charge in [0.15, 0.2) is 0 Å². The number of nitrogens with zero attached hydrogens (tertiary/aromatic N) is 2. The predicted octanol–water partition coefficient (Wildman–Crippen LogP) is 8.44. The van der Waals surface area contributed by atoms with Crippen molar-refractivity contribution in [1.82, 2.24) is 4.90 Å². The van der Waals surface area contributed by atoms with Gasteiger partial charge in [-0.2, -0.15) is 0 Å². The van der Waals surface area contributed by atoms with Gasteiger partial charge in [-0.3, -0.25) is 9.89 Å². The number of aliphatic imine (C=N–C) groups is 1. The van der Waals surface area contributed by atoms with Gasteiger partial charge >= 0.3 is 0 Å². The lowest BCUT2D eigenvalue weighted by Crippen LogP contribution is -2.42. The average Bonchev–Trinajstić information content (AvgIpc) is 2.85. The van der Waals surface area contributed by atoms with E-state index in [0.29, 0.717) is 29.9 Å². The Bertz CT molecular complexity index is 1180. The van der Waals surface area contributed by atoms with E-state index >= 15 is 0 Å². The molecule has 0 aromatic heterocycles. The Labute approximate surface area is 238 Å². The zero-order valence-corrected chi connectivity index (χ0v) is 26.5. The van der Waals surface area contributed by atoms with Gasteiger partial charge in [-0.1, -0.05) is 92.0 Å². The van der Waals surface area contributed by atoms with E-state index in [9.17, 15) is 10.2 Å². The Balaban J connectivity index is 1.89. The first-order valence-electron chi connectivity index (χ1n) is 15.0. The van der Waals surface area contributed by atoms with Gasteiger partial charge < -0.3 is 10.2 Å². The van der Waals surface area contributed by atoms with E-state index in [1.807, 2.05) is 12.3 Å². The molecule has 2 aromatic rings. The molecule has 0 heterocycles. The molecule has 4 nitrogen and oxygen atoms in total. The molecule has 2 N–H and O–H groups in total. The van der Waals surface area contributed by atoms with Crippen LogP contribution in [-0.2, 0) is 17.4 Å². The van der Waals surface area contributed by atoms with Crippen LogP contribution in [0.1, 0.15) is 114 Å². The summed E-state index contributed by atoms with van der Waals surface area (Å²) < 4.78 is 0. The number of hydrogen-bond donors (Lipinski definition) is 2. The third kappa shape index (κ3) is 6.70. The van der Waals surface area contributed by atoms with E-state index < -0.39 is 0 Å². The largest absolute Gasteiger partial charge is 0.507 e. The fraction of sp³-hybridized carbons (Fsp3) is 0.629. The SMILES string of the molecule is Cc1cc(C=N[C@@H]2CCCC[C@H]2N(C)Cc2cc(C)cc(C(C)(C)C(C)C)c2O)c(O)c(C(C)(C)C(C)C)c1. The number of phenols is 2. The molecule has 1 aliphatic carbocycles. The van der Waals surface area contributed by atoms with Gasteiger partial charge in [0, 0.05) is 41.1 Å². The van der Waals surface area contributed by atoms with Crippen LogP contribution in [0.5, 0.6) is 11.5 Å². The van der Waals surface area contributed by atoms with E-state index in [1.54, 1.807) is 0 Å². The molecule has 0 amide bonds. The summed E-state index contributed by atoms with van der Waals surface area (Å²) >= 11 is 0. The lowest BCUT2D eigenvalue weighted by Gasteiger charge is -2.37. The lowest BCUT2D eigenvalue weighted by molar-refractivity contribution is 0.162. The Hall–Kier alpha value is -2.33. The van der Waals surface area contributed by atoms with Crippen LogP contribution in [0.4, 0.5) is 0 Å². The van der Waals surface area contributed by atoms with Crippen LogP contribution in [0.15, 0.2) is 29.3 Å². The van der Waals surface area contributed by atoms with Crippen molar-refractivity contribution >= 4 is 6.21 Å². The number of aromatic hydroxyl groups is 2. The van der Waals surface area contributed by atoms with Crippen LogP contribution in [0.2, 0.25) is 0 Å². The van der Waals surface area contributed by atoms with Crippen molar-refractivity contribution in [2.45, 2.75) is 124 Å². The normalized spacial score (nSPS) is 19.1. The van der Waals surface area contributed by atoms with Crippen LogP contribution >= 0.6 is 0 Å². The van der Waals surface area contributed by atoms with Gasteiger partial charge in [0.1, 0.15) is 11.5 Å². The number of benzene rings is 2. The standard InChI is InChI=1S/C35H54N2O2/c1-22(2)34(7,8)28-18-24(5)16-26(32(28)38)20-36-30-14-12-13-15-31(30)37(11)21-27-17-25(6)19-29(33(27)39)35(9,10)23(3)4/h16-20,22-23,30-31,38-39H,12-15,21H2,1-11H3/t30-,31-/m1/s1. The van der Waals surface area contributed by atoms with Gasteiger partial charge in [-0.25, -0.2) is 0 Å². The first kappa shape index (κ1) is 31.2. The topological polar surface area (TPSA) is 56.1 Å². The second-order valence-corrected chi connectivity index (χ2v) is 13.9. The molecule has 3 rings (SSSR count). The minimum atomic E-state index is -0.134. The summed E-state index contributed by atoms with van der Waals surface area (Å²) in [6.07, 6.45) is 6.39. The summed E-state index contributed by atoms with van der Waals surface area (Å²) in [4.78, 5) is 7.48. The summed E-state index contributed by atoms with van der Waals surface area (Å²) in [5.74, 6) is 1.61. The van der Waals surface area contributed by atoms with Crippen molar-refractivity contribution in [2.75, 3.05) is 7.05 Å². The van der Waals surface area contributed by atoms with Gasteiger partial charge in [0.05, 0.1) is 6.04 Å². The summed E-state index contributed by atoms with van der Waals surface area (Å²) in [5.41, 5.74) is 5.92. The molecule has 0 spiro atoms. The van der Waals surface area contributed by atoms with Crippen LogP contribution in [0.3, 0.4) is 0 Å². The number of hydrogen-bond acceptors (Lipinski definition) is 4. The molecule has 2 atom stereocenters. The first-order valence-corrected chi connectivity index (χ1v) is 15.0. The summed E-state index contributed by atoms with van der Waals surface area (Å²) in [7, 11) is 2.17. The molecule has 1 fully saturated rings. The average molecular weight is 535 g/mol. The molecule has 2 aromatic carbocycles. The summed E-state index contributed by atoms with van der Waals surface area (Å²) in [5, 5.41) is 22.6. The van der Waals surface area contributed by atoms with E-state index in [4.69, 9.17) is 4.99 Å². The van der Waals surface area contributed by atoms with E-state index in [0.717, 1.165) is 40.7 Å². The fourth-order valence-corrected chi connectivity index (χ4v) is 5.83. The Morgan fingerprint density at radius 2 is 1.36 bits per heavy atom. The lowest BCUT2D eigenvalue weighted by atomic mass is 9.74. The zero-order valence-electron chi connectivity index (χ0n) is 26.5. The minimum absolute atomic E-state index is 0.111. The molecule has 0 saturated heterocycles. The van der Waals surface area contributed by atoms with Gasteiger partial charge in [-0.15, -0.1) is 0 Å². The molecule has 1 aliphatic rings. The molecule has 0 aliphatic heterocycles. The molecular formula is C35H54N2O2. The van der Waals surface area contributed by atoms with Crippen LogP contribution in [0, 0.1) is 25.7 Å². The zero-order chi connectivity index (χ0) is 29.3. The summed E-state index contributed by atoms with van der Waals surface area (Å²) in [6, 6.07) is 8.89. The van der Waals surface area contributed by atoms with Gasteiger partial charge in [0.25, 0.3) is 0 Å². The van der Waals surface area contributed by atoms with Crippen molar-refractivity contribution in [1.29, 1.82) is 0 Å². The molecule has 216 valence electrons. The Kier molecular flexibility index (Phi) is 9.63. The highest BCUT2D eigenvalue weighted by atomic mass is 16.3. The van der Waals surface area contributed by atoms with E-state index in [-0.39, 0.29) is 22.9 Å². The quantitative estimate of drug-likeness (QED) is 0.317. The molecule has 39 heavy (non-hydrogen) atoms. The first-order chi connectivity index (χ1) is 18.1. The molecule has 1 saturated carbocycles. The van der Waals surface area contributed by atoms with Crippen molar-refractivity contribution < 1.29 is 10.2 Å². The predicted molar refractivity (Wildman–Crippen MR) is 167 cm³/mol. The number of likely N-dealkylation sites (N-methyl/N-ethyl adjacent to an activating group) is 1. The Morgan fingerprint density at radius 1 is 0.846 bits per heavy atom. The van der Waals surface area contributed by atoms with E-state index in [2.05, 4.69) is 99.4 Å². The van der Waals surface area contributed by atoms with Crippen LogP contribution in [0.25, 0.3) is 0 Å². The second kappa shape index (κ2) is 12.0. The number of phenolic OH excluding ortho intramolecular Hbond substituents is 2. The highest BCUT2D eigenvalue weighted by molar-refractivity contribution is 5.85. The maximum Gasteiger partial charge on any atom is 0.128 e. The molecule has 0 radical (unpaired) electrons. The van der Waals surface area contributed by atoms with Gasteiger partial charge in [0.2, 0.25) is 0 Å². The number of rotatable bonds is 9. The molecular weight excluding hydrogens is 480 g/mol. The highest BCUT2D eigenvalue weighted by Gasteiger charge is 2.32. The van der Waals surface area contributed by atoms with Crippen LogP contribution in [-0.4, -0.2) is 40.5 Å². The smallest absolute Gasteiger partial charge is 0.128 e. The van der Waals surface area contributed by atoms with Crippen molar-refractivity contribution in [3.8, 4) is 11.5 Å². The molecule has 0 bridgehead atoms. The third-order valence-corrected chi connectivity index (χ3v) is 9.98. The molecule has 0 unspecified atom stereocenters. The van der Waals surface area contributed by atoms with Crippen molar-refractivity contribution in [3.05, 3.63) is 57.6 Å². The number of aryl methyl sites for hydroxylation is 2. The van der Waals surface area contributed by atoms with Crippen molar-refractivity contribution in [2.24, 2.45) is 16.8 Å². The van der Waals surface area contributed by atoms with E-state index in [1.165, 1.54) is 18.4 Å². The molecule has 4 heteroatoms. The van der Waals surface area contributed by atoms with Crippen LogP contribution < -0.4 is 0 Å². The third-order valence-electron chi connectivity index (χ3n) is 9.98. The van der Waals surface area contributed by atoms with Gasteiger partial charge in [-0.05, 0) is 68.0 Å². The Morgan fingerprint density at radius 3 is 1.92 bits per heavy atom. The van der Waals surface area contributed by atoms with Crippen molar-refractivity contribution in [3.63, 3.8) is 0 Å². The maximum absolute atomic E-state index is 11.4. The fourth-order valence-electron chi connectivity index (χ4n) is 5.83. The summed E-state index contributed by atoms with van der Waals surface area (Å²) in [6.45, 7) is 22.6. The monoisotopic (exact) mass is 534 g/mol. The maximum atomic E-state index is 11.4. The minimum Gasteiger partial charge on any atom is -0.507 e. The second-order valence-electron chi connectivity index (χ2n) is 13.9.